The third-order valence-electron chi connectivity index (χ3n) is 2.05. The molecule has 2 aromatic heterocycles. The first-order chi connectivity index (χ1) is 7.68. The molecular formula is C11H7FN2O2. The first kappa shape index (κ1) is 10.2. The van der Waals surface area contributed by atoms with Crippen LogP contribution in [-0.2, 0) is 0 Å². The molecule has 0 aliphatic carbocycles. The Bertz CT molecular complexity index is 529. The summed E-state index contributed by atoms with van der Waals surface area (Å²) in [5, 5.41) is 8.92. The summed E-state index contributed by atoms with van der Waals surface area (Å²) >= 11 is 0. The van der Waals surface area contributed by atoms with Crippen LogP contribution in [0.4, 0.5) is 4.39 Å². The molecular weight excluding hydrogens is 211 g/mol. The number of halogens is 1. The van der Waals surface area contributed by atoms with Gasteiger partial charge in [0, 0.05) is 18.0 Å². The number of carboxylic acids is 1. The van der Waals surface area contributed by atoms with Gasteiger partial charge in [-0.05, 0) is 23.8 Å². The number of carboxylic acid groups (broad SMARTS) is 1. The van der Waals surface area contributed by atoms with Crippen molar-refractivity contribution in [2.75, 3.05) is 0 Å². The van der Waals surface area contributed by atoms with Crippen LogP contribution in [-0.4, -0.2) is 21.0 Å². The molecule has 0 unspecified atom stereocenters. The predicted molar refractivity (Wildman–Crippen MR) is 54.4 cm³/mol. The molecule has 2 aromatic rings. The summed E-state index contributed by atoms with van der Waals surface area (Å²) in [4.78, 5) is 18.3. The average molecular weight is 218 g/mol. The van der Waals surface area contributed by atoms with Crippen molar-refractivity contribution in [2.45, 2.75) is 0 Å². The highest BCUT2D eigenvalue weighted by atomic mass is 19.1. The Labute approximate surface area is 90.4 Å². The summed E-state index contributed by atoms with van der Waals surface area (Å²) in [5.74, 6) is -1.76. The van der Waals surface area contributed by atoms with E-state index in [0.717, 1.165) is 12.3 Å². The summed E-state index contributed by atoms with van der Waals surface area (Å²) in [7, 11) is 0. The Hall–Kier alpha value is -2.30. The van der Waals surface area contributed by atoms with Gasteiger partial charge in [-0.2, -0.15) is 0 Å². The number of nitrogens with zero attached hydrogens (tertiary/aromatic N) is 2. The maximum Gasteiger partial charge on any atom is 0.355 e. The number of aromatic nitrogens is 2. The van der Waals surface area contributed by atoms with E-state index >= 15 is 0 Å². The summed E-state index contributed by atoms with van der Waals surface area (Å²) in [6.45, 7) is 0. The summed E-state index contributed by atoms with van der Waals surface area (Å²) in [6, 6.07) is 4.34. The van der Waals surface area contributed by atoms with Crippen molar-refractivity contribution < 1.29 is 14.3 Å². The van der Waals surface area contributed by atoms with Crippen LogP contribution in [0, 0.1) is 5.82 Å². The van der Waals surface area contributed by atoms with Crippen LogP contribution in [0.1, 0.15) is 10.5 Å². The van der Waals surface area contributed by atoms with E-state index in [1.807, 2.05) is 0 Å². The SMILES string of the molecule is O=C(O)c1ncc(F)cc1-c1ccncc1. The number of hydrogen-bond donors (Lipinski definition) is 1. The van der Waals surface area contributed by atoms with Gasteiger partial charge in [-0.25, -0.2) is 14.2 Å². The second kappa shape index (κ2) is 4.06. The minimum atomic E-state index is -1.19. The van der Waals surface area contributed by atoms with Crippen molar-refractivity contribution in [3.05, 3.63) is 48.3 Å². The lowest BCUT2D eigenvalue weighted by molar-refractivity contribution is 0.0691. The van der Waals surface area contributed by atoms with Crippen LogP contribution in [0.25, 0.3) is 11.1 Å². The summed E-state index contributed by atoms with van der Waals surface area (Å²) in [5.41, 5.74) is 0.641. The van der Waals surface area contributed by atoms with Gasteiger partial charge in [-0.15, -0.1) is 0 Å². The molecule has 0 amide bonds. The lowest BCUT2D eigenvalue weighted by Gasteiger charge is -2.04. The Morgan fingerprint density at radius 3 is 2.62 bits per heavy atom. The molecule has 0 aliphatic heterocycles. The van der Waals surface area contributed by atoms with Crippen molar-refractivity contribution in [3.63, 3.8) is 0 Å². The highest BCUT2D eigenvalue weighted by Crippen LogP contribution is 2.22. The molecule has 0 saturated carbocycles. The van der Waals surface area contributed by atoms with Crippen molar-refractivity contribution in [1.82, 2.24) is 9.97 Å². The molecule has 80 valence electrons. The van der Waals surface area contributed by atoms with Crippen LogP contribution in [0.5, 0.6) is 0 Å². The minimum Gasteiger partial charge on any atom is -0.476 e. The predicted octanol–water partition coefficient (Wildman–Crippen LogP) is 1.98. The maximum atomic E-state index is 13.0. The van der Waals surface area contributed by atoms with Gasteiger partial charge in [0.2, 0.25) is 0 Å². The number of pyridine rings is 2. The van der Waals surface area contributed by atoms with Crippen molar-refractivity contribution >= 4 is 5.97 Å². The maximum absolute atomic E-state index is 13.0. The van der Waals surface area contributed by atoms with Crippen LogP contribution >= 0.6 is 0 Å². The van der Waals surface area contributed by atoms with Crippen LogP contribution < -0.4 is 0 Å². The van der Waals surface area contributed by atoms with E-state index in [0.29, 0.717) is 5.56 Å². The number of aromatic carboxylic acids is 1. The Morgan fingerprint density at radius 2 is 2.00 bits per heavy atom. The fraction of sp³-hybridized carbons (Fsp3) is 0. The van der Waals surface area contributed by atoms with Gasteiger partial charge in [-0.1, -0.05) is 0 Å². The summed E-state index contributed by atoms with van der Waals surface area (Å²) < 4.78 is 13.0. The topological polar surface area (TPSA) is 63.1 Å². The van der Waals surface area contributed by atoms with Gasteiger partial charge in [-0.3, -0.25) is 4.98 Å². The van der Waals surface area contributed by atoms with Gasteiger partial charge in [0.15, 0.2) is 5.69 Å². The molecule has 0 spiro atoms. The van der Waals surface area contributed by atoms with Gasteiger partial charge < -0.3 is 5.11 Å². The molecule has 0 fully saturated rings. The molecule has 4 nitrogen and oxygen atoms in total. The summed E-state index contributed by atoms with van der Waals surface area (Å²) in [6.07, 6.45) is 3.89. The van der Waals surface area contributed by atoms with Crippen LogP contribution in [0.2, 0.25) is 0 Å². The van der Waals surface area contributed by atoms with Gasteiger partial charge in [0.25, 0.3) is 0 Å². The fourth-order valence-electron chi connectivity index (χ4n) is 1.36. The number of hydrogen-bond acceptors (Lipinski definition) is 3. The molecule has 2 heterocycles. The van der Waals surface area contributed by atoms with Gasteiger partial charge in [0.05, 0.1) is 6.20 Å². The van der Waals surface area contributed by atoms with Crippen LogP contribution in [0.15, 0.2) is 36.8 Å². The molecule has 0 atom stereocenters. The monoisotopic (exact) mass is 218 g/mol. The van der Waals surface area contributed by atoms with E-state index in [4.69, 9.17) is 5.11 Å². The molecule has 0 saturated heterocycles. The van der Waals surface area contributed by atoms with E-state index in [1.54, 1.807) is 12.1 Å². The smallest absolute Gasteiger partial charge is 0.355 e. The number of rotatable bonds is 2. The molecule has 2 rings (SSSR count). The lowest BCUT2D eigenvalue weighted by atomic mass is 10.1. The second-order valence-electron chi connectivity index (χ2n) is 3.09. The Kier molecular flexibility index (Phi) is 2.59. The average Bonchev–Trinajstić information content (AvgIpc) is 2.29. The first-order valence-corrected chi connectivity index (χ1v) is 4.47. The van der Waals surface area contributed by atoms with Gasteiger partial charge in [0.1, 0.15) is 5.82 Å². The zero-order valence-corrected chi connectivity index (χ0v) is 8.09. The lowest BCUT2D eigenvalue weighted by Crippen LogP contribution is -2.03. The Balaban J connectivity index is 2.63. The van der Waals surface area contributed by atoms with Gasteiger partial charge >= 0.3 is 5.97 Å². The Morgan fingerprint density at radius 1 is 1.31 bits per heavy atom. The van der Waals surface area contributed by atoms with E-state index in [-0.39, 0.29) is 11.3 Å². The largest absolute Gasteiger partial charge is 0.476 e. The minimum absolute atomic E-state index is 0.174. The number of carbonyl (C=O) groups is 1. The zero-order valence-electron chi connectivity index (χ0n) is 8.09. The highest BCUT2D eigenvalue weighted by molar-refractivity contribution is 5.93. The fourth-order valence-corrected chi connectivity index (χ4v) is 1.36. The normalized spacial score (nSPS) is 10.1. The van der Waals surface area contributed by atoms with Crippen LogP contribution in [0.3, 0.4) is 0 Å². The van der Waals surface area contributed by atoms with E-state index in [1.165, 1.54) is 12.4 Å². The third-order valence-corrected chi connectivity index (χ3v) is 2.05. The zero-order chi connectivity index (χ0) is 11.5. The molecule has 5 heteroatoms. The van der Waals surface area contributed by atoms with E-state index in [2.05, 4.69) is 9.97 Å². The molecule has 0 aliphatic rings. The standard InChI is InChI=1S/C11H7FN2O2/c12-8-5-9(7-1-3-13-4-2-7)10(11(15)16)14-6-8/h1-6H,(H,15,16). The highest BCUT2D eigenvalue weighted by Gasteiger charge is 2.14. The third kappa shape index (κ3) is 1.88. The molecule has 0 aromatic carbocycles. The second-order valence-corrected chi connectivity index (χ2v) is 3.09. The first-order valence-electron chi connectivity index (χ1n) is 4.47. The van der Waals surface area contributed by atoms with Crippen molar-refractivity contribution in [3.8, 4) is 11.1 Å². The van der Waals surface area contributed by atoms with Crippen molar-refractivity contribution in [2.24, 2.45) is 0 Å². The molecule has 0 radical (unpaired) electrons. The van der Waals surface area contributed by atoms with Crippen molar-refractivity contribution in [1.29, 1.82) is 0 Å². The molecule has 0 bridgehead atoms. The molecule has 1 N–H and O–H groups in total. The quantitative estimate of drug-likeness (QED) is 0.837. The van der Waals surface area contributed by atoms with E-state index in [9.17, 15) is 9.18 Å². The van der Waals surface area contributed by atoms with E-state index < -0.39 is 11.8 Å². The molecule has 16 heavy (non-hydrogen) atoms.